The molecule has 3 rings (SSSR count). The number of hydrogen-bond donors (Lipinski definition) is 2. The molecule has 0 radical (unpaired) electrons. The number of nitrogens with one attached hydrogen (secondary N) is 2. The number of allylic oxidation sites excluding steroid dienone is 2. The molecular weight excluding hydrogens is 278 g/mol. The zero-order valence-corrected chi connectivity index (χ0v) is 13.2. The van der Waals surface area contributed by atoms with Crippen molar-refractivity contribution in [3.8, 4) is 0 Å². The third kappa shape index (κ3) is 3.81. The minimum absolute atomic E-state index is 0.0110. The van der Waals surface area contributed by atoms with E-state index in [1.54, 1.807) is 0 Å². The summed E-state index contributed by atoms with van der Waals surface area (Å²) in [5, 5.41) is 5.95. The van der Waals surface area contributed by atoms with Crippen LogP contribution in [0.5, 0.6) is 0 Å². The molecule has 1 saturated carbocycles. The van der Waals surface area contributed by atoms with Crippen LogP contribution < -0.4 is 10.6 Å². The van der Waals surface area contributed by atoms with E-state index in [0.29, 0.717) is 30.8 Å². The third-order valence-electron chi connectivity index (χ3n) is 5.26. The van der Waals surface area contributed by atoms with Crippen LogP contribution in [0.1, 0.15) is 44.9 Å². The zero-order chi connectivity index (χ0) is 15.4. The molecule has 0 spiro atoms. The monoisotopic (exact) mass is 305 g/mol. The number of hydrogen-bond acceptors (Lipinski definition) is 2. The van der Waals surface area contributed by atoms with E-state index in [-0.39, 0.29) is 11.9 Å². The van der Waals surface area contributed by atoms with E-state index in [0.717, 1.165) is 38.8 Å². The van der Waals surface area contributed by atoms with Gasteiger partial charge in [-0.25, -0.2) is 4.79 Å². The molecular formula is C17H27N3O2. The van der Waals surface area contributed by atoms with Gasteiger partial charge in [-0.3, -0.25) is 4.79 Å². The van der Waals surface area contributed by atoms with Gasteiger partial charge in [0.2, 0.25) is 5.91 Å². The number of carbonyl (C=O) groups is 2. The summed E-state index contributed by atoms with van der Waals surface area (Å²) in [6.45, 7) is 2.14. The first kappa shape index (κ1) is 15.4. The van der Waals surface area contributed by atoms with Crippen LogP contribution in [0.3, 0.4) is 0 Å². The molecule has 0 bridgehead atoms. The van der Waals surface area contributed by atoms with Gasteiger partial charge in [-0.15, -0.1) is 0 Å². The minimum Gasteiger partial charge on any atom is -0.353 e. The van der Waals surface area contributed by atoms with Crippen molar-refractivity contribution in [2.45, 2.75) is 51.0 Å². The van der Waals surface area contributed by atoms with E-state index in [4.69, 9.17) is 0 Å². The molecule has 2 atom stereocenters. The summed E-state index contributed by atoms with van der Waals surface area (Å²) in [7, 11) is 0. The SMILES string of the molecule is O=C(CCNC(=O)N1C[C@H]2CC=CC[C@@H]2C1)NC1CCCC1. The van der Waals surface area contributed by atoms with Gasteiger partial charge in [0.05, 0.1) is 0 Å². The largest absolute Gasteiger partial charge is 0.353 e. The van der Waals surface area contributed by atoms with Crippen molar-refractivity contribution < 1.29 is 9.59 Å². The average Bonchev–Trinajstić information content (AvgIpc) is 3.15. The molecule has 0 aromatic heterocycles. The van der Waals surface area contributed by atoms with Crippen LogP contribution in [0, 0.1) is 11.8 Å². The van der Waals surface area contributed by atoms with Gasteiger partial charge in [-0.1, -0.05) is 25.0 Å². The minimum atomic E-state index is -0.0110. The third-order valence-corrected chi connectivity index (χ3v) is 5.26. The highest BCUT2D eigenvalue weighted by molar-refractivity contribution is 5.78. The Morgan fingerprint density at radius 3 is 2.32 bits per heavy atom. The summed E-state index contributed by atoms with van der Waals surface area (Å²) in [5.41, 5.74) is 0. The lowest BCUT2D eigenvalue weighted by atomic mass is 9.86. The van der Waals surface area contributed by atoms with Gasteiger partial charge in [0.25, 0.3) is 0 Å². The van der Waals surface area contributed by atoms with Crippen LogP contribution in [0.15, 0.2) is 12.2 Å². The van der Waals surface area contributed by atoms with Gasteiger partial charge in [0.15, 0.2) is 0 Å². The second-order valence-corrected chi connectivity index (χ2v) is 6.90. The number of nitrogens with zero attached hydrogens (tertiary/aromatic N) is 1. The quantitative estimate of drug-likeness (QED) is 0.781. The van der Waals surface area contributed by atoms with Crippen molar-refractivity contribution in [3.05, 3.63) is 12.2 Å². The fraction of sp³-hybridized carbons (Fsp3) is 0.765. The Bertz CT molecular complexity index is 427. The Kier molecular flexibility index (Phi) is 5.01. The van der Waals surface area contributed by atoms with E-state index >= 15 is 0 Å². The number of amides is 3. The van der Waals surface area contributed by atoms with Crippen LogP contribution >= 0.6 is 0 Å². The smallest absolute Gasteiger partial charge is 0.317 e. The molecule has 0 aromatic carbocycles. The lowest BCUT2D eigenvalue weighted by Crippen LogP contribution is -2.41. The Morgan fingerprint density at radius 1 is 1.05 bits per heavy atom. The topological polar surface area (TPSA) is 61.4 Å². The van der Waals surface area contributed by atoms with Crippen molar-refractivity contribution in [2.24, 2.45) is 11.8 Å². The van der Waals surface area contributed by atoms with Crippen LogP contribution in [-0.2, 0) is 4.79 Å². The van der Waals surface area contributed by atoms with Gasteiger partial charge in [0, 0.05) is 32.1 Å². The molecule has 0 unspecified atom stereocenters. The van der Waals surface area contributed by atoms with Gasteiger partial charge in [-0.2, -0.15) is 0 Å². The summed E-state index contributed by atoms with van der Waals surface area (Å²) in [4.78, 5) is 25.9. The van der Waals surface area contributed by atoms with Gasteiger partial charge in [-0.05, 0) is 37.5 Å². The maximum absolute atomic E-state index is 12.2. The van der Waals surface area contributed by atoms with Gasteiger partial charge < -0.3 is 15.5 Å². The summed E-state index contributed by atoms with van der Waals surface area (Å²) >= 11 is 0. The molecule has 1 saturated heterocycles. The fourth-order valence-corrected chi connectivity index (χ4v) is 3.95. The fourth-order valence-electron chi connectivity index (χ4n) is 3.95. The first-order chi connectivity index (χ1) is 10.7. The van der Waals surface area contributed by atoms with Crippen molar-refractivity contribution in [2.75, 3.05) is 19.6 Å². The number of fused-ring (bicyclic) bond motifs is 1. The molecule has 5 nitrogen and oxygen atoms in total. The summed E-state index contributed by atoms with van der Waals surface area (Å²) in [5.74, 6) is 1.31. The van der Waals surface area contributed by atoms with Crippen LogP contribution in [0.25, 0.3) is 0 Å². The predicted octanol–water partition coefficient (Wildman–Crippen LogP) is 2.04. The standard InChI is InChI=1S/C17H27N3O2/c21-16(19-15-7-3-4-8-15)9-10-18-17(22)20-11-13-5-1-2-6-14(13)12-20/h1-2,13-15H,3-12H2,(H,18,22)(H,19,21)/t13-,14-/m1/s1. The molecule has 22 heavy (non-hydrogen) atoms. The maximum Gasteiger partial charge on any atom is 0.317 e. The van der Waals surface area contributed by atoms with Gasteiger partial charge in [0.1, 0.15) is 0 Å². The van der Waals surface area contributed by atoms with E-state index < -0.39 is 0 Å². The van der Waals surface area contributed by atoms with Crippen molar-refractivity contribution >= 4 is 11.9 Å². The maximum atomic E-state index is 12.2. The highest BCUT2D eigenvalue weighted by Gasteiger charge is 2.34. The molecule has 3 amide bonds. The molecule has 0 aromatic rings. The molecule has 2 fully saturated rings. The van der Waals surface area contributed by atoms with Crippen molar-refractivity contribution in [1.82, 2.24) is 15.5 Å². The second-order valence-electron chi connectivity index (χ2n) is 6.90. The highest BCUT2D eigenvalue weighted by Crippen LogP contribution is 2.32. The van der Waals surface area contributed by atoms with Crippen LogP contribution in [0.2, 0.25) is 0 Å². The normalized spacial score (nSPS) is 27.7. The summed E-state index contributed by atoms with van der Waals surface area (Å²) in [6, 6.07) is 0.348. The predicted molar refractivity (Wildman–Crippen MR) is 85.3 cm³/mol. The molecule has 5 heteroatoms. The van der Waals surface area contributed by atoms with E-state index in [1.807, 2.05) is 4.90 Å². The highest BCUT2D eigenvalue weighted by atomic mass is 16.2. The zero-order valence-electron chi connectivity index (χ0n) is 13.2. The Labute approximate surface area is 132 Å². The first-order valence-corrected chi connectivity index (χ1v) is 8.69. The molecule has 2 N–H and O–H groups in total. The number of urea groups is 1. The second kappa shape index (κ2) is 7.16. The van der Waals surface area contributed by atoms with Crippen LogP contribution in [0.4, 0.5) is 4.79 Å². The molecule has 1 heterocycles. The van der Waals surface area contributed by atoms with Crippen molar-refractivity contribution in [1.29, 1.82) is 0 Å². The molecule has 1 aliphatic heterocycles. The van der Waals surface area contributed by atoms with Gasteiger partial charge >= 0.3 is 6.03 Å². The van der Waals surface area contributed by atoms with Crippen LogP contribution in [-0.4, -0.2) is 42.5 Å². The number of likely N-dealkylation sites (tertiary alicyclic amines) is 1. The molecule has 122 valence electrons. The Balaban J connectivity index is 1.33. The average molecular weight is 305 g/mol. The lowest BCUT2D eigenvalue weighted by Gasteiger charge is -2.17. The lowest BCUT2D eigenvalue weighted by molar-refractivity contribution is -0.121. The Hall–Kier alpha value is -1.52. The Morgan fingerprint density at radius 2 is 1.68 bits per heavy atom. The van der Waals surface area contributed by atoms with Crippen molar-refractivity contribution in [3.63, 3.8) is 0 Å². The number of rotatable bonds is 4. The summed E-state index contributed by atoms with van der Waals surface area (Å²) < 4.78 is 0. The van der Waals surface area contributed by atoms with E-state index in [1.165, 1.54) is 12.8 Å². The molecule has 2 aliphatic carbocycles. The molecule has 3 aliphatic rings. The first-order valence-electron chi connectivity index (χ1n) is 8.69. The number of carbonyl (C=O) groups excluding carboxylic acids is 2. The van der Waals surface area contributed by atoms with E-state index in [9.17, 15) is 9.59 Å². The van der Waals surface area contributed by atoms with E-state index in [2.05, 4.69) is 22.8 Å². The summed E-state index contributed by atoms with van der Waals surface area (Å²) in [6.07, 6.45) is 11.7.